The number of fused-ring (bicyclic) bond motifs is 3. The van der Waals surface area contributed by atoms with Crippen LogP contribution in [0.4, 0.5) is 11.8 Å². The van der Waals surface area contributed by atoms with Gasteiger partial charge in [-0.1, -0.05) is 24.3 Å². The fourth-order valence-corrected chi connectivity index (χ4v) is 3.96. The topological polar surface area (TPSA) is 56.3 Å². The number of likely N-dealkylation sites (N-methyl/N-ethyl adjacent to an activating group) is 1. The minimum atomic E-state index is 0.751. The van der Waals surface area contributed by atoms with Crippen LogP contribution in [0.5, 0.6) is 0 Å². The van der Waals surface area contributed by atoms with Crippen molar-refractivity contribution in [3.63, 3.8) is 0 Å². The quantitative estimate of drug-likeness (QED) is 0.844. The highest BCUT2D eigenvalue weighted by atomic mass is 15.3. The predicted octanol–water partition coefficient (Wildman–Crippen LogP) is 2.02. The summed E-state index contributed by atoms with van der Waals surface area (Å²) in [6.45, 7) is 5.83. The lowest BCUT2D eigenvalue weighted by atomic mass is 10.0. The van der Waals surface area contributed by atoms with E-state index in [9.17, 15) is 0 Å². The summed E-state index contributed by atoms with van der Waals surface area (Å²) in [6, 6.07) is 8.73. The molecule has 1 aliphatic carbocycles. The van der Waals surface area contributed by atoms with E-state index in [2.05, 4.69) is 58.8 Å². The molecule has 0 bridgehead atoms. The molecule has 27 heavy (non-hydrogen) atoms. The molecule has 1 aromatic carbocycles. The summed E-state index contributed by atoms with van der Waals surface area (Å²) in [5.74, 6) is 1.88. The van der Waals surface area contributed by atoms with Crippen molar-refractivity contribution in [1.29, 1.82) is 0 Å². The molecule has 1 aromatic heterocycles. The van der Waals surface area contributed by atoms with Crippen LogP contribution in [-0.4, -0.2) is 68.2 Å². The summed E-state index contributed by atoms with van der Waals surface area (Å²) in [6.07, 6.45) is 3.30. The van der Waals surface area contributed by atoms with E-state index in [1.165, 1.54) is 16.7 Å². The first kappa shape index (κ1) is 18.2. The average Bonchev–Trinajstić information content (AvgIpc) is 2.87. The van der Waals surface area contributed by atoms with Crippen LogP contribution in [0.1, 0.15) is 17.5 Å². The Kier molecular flexibility index (Phi) is 5.55. The monoisotopic (exact) mass is 366 g/mol. The van der Waals surface area contributed by atoms with Crippen molar-refractivity contribution in [2.24, 2.45) is 0 Å². The Hall–Kier alpha value is -2.18. The second-order valence-corrected chi connectivity index (χ2v) is 7.68. The summed E-state index contributed by atoms with van der Waals surface area (Å²) in [5, 5.41) is 6.90. The Morgan fingerprint density at radius 3 is 2.74 bits per heavy atom. The number of nitrogens with one attached hydrogen (secondary N) is 2. The van der Waals surface area contributed by atoms with Crippen LogP contribution in [0, 0.1) is 0 Å². The number of nitrogens with zero attached hydrogens (tertiary/aromatic N) is 4. The molecule has 0 spiro atoms. The average molecular weight is 367 g/mol. The van der Waals surface area contributed by atoms with Crippen LogP contribution < -0.4 is 15.5 Å². The van der Waals surface area contributed by atoms with Gasteiger partial charge in [0.2, 0.25) is 5.95 Å². The number of piperazine rings is 1. The molecule has 2 heterocycles. The van der Waals surface area contributed by atoms with Gasteiger partial charge in [-0.05, 0) is 38.9 Å². The van der Waals surface area contributed by atoms with Crippen molar-refractivity contribution >= 4 is 11.8 Å². The van der Waals surface area contributed by atoms with Gasteiger partial charge in [-0.15, -0.1) is 0 Å². The van der Waals surface area contributed by atoms with Crippen LogP contribution in [0.3, 0.4) is 0 Å². The third-order valence-corrected chi connectivity index (χ3v) is 5.39. The minimum absolute atomic E-state index is 0.751. The Bertz CT molecular complexity index is 782. The van der Waals surface area contributed by atoms with Gasteiger partial charge in [-0.25, -0.2) is 4.98 Å². The summed E-state index contributed by atoms with van der Waals surface area (Å²) in [7, 11) is 4.17. The van der Waals surface area contributed by atoms with Crippen LogP contribution >= 0.6 is 0 Å². The van der Waals surface area contributed by atoms with E-state index >= 15 is 0 Å². The second kappa shape index (κ2) is 8.23. The number of benzene rings is 1. The van der Waals surface area contributed by atoms with Crippen LogP contribution in [0.25, 0.3) is 11.3 Å². The van der Waals surface area contributed by atoms with Gasteiger partial charge in [0.1, 0.15) is 5.82 Å². The van der Waals surface area contributed by atoms with Gasteiger partial charge in [0, 0.05) is 50.4 Å². The fourth-order valence-electron chi connectivity index (χ4n) is 3.96. The predicted molar refractivity (Wildman–Crippen MR) is 112 cm³/mol. The molecule has 0 atom stereocenters. The Balaban J connectivity index is 1.76. The van der Waals surface area contributed by atoms with Crippen molar-refractivity contribution in [2.45, 2.75) is 19.3 Å². The van der Waals surface area contributed by atoms with E-state index in [1.807, 2.05) is 0 Å². The van der Waals surface area contributed by atoms with Crippen LogP contribution in [-0.2, 0) is 12.8 Å². The SMILES string of the molecule is CN(C)CCNc1nc2c(c(N3CCNCC3)n1)CCCc1ccccc1-2. The molecule has 1 saturated heterocycles. The number of aryl methyl sites for hydroxylation is 1. The molecule has 144 valence electrons. The maximum atomic E-state index is 4.98. The number of hydrogen-bond donors (Lipinski definition) is 2. The summed E-state index contributed by atoms with van der Waals surface area (Å²) >= 11 is 0. The Labute approximate surface area is 162 Å². The zero-order chi connectivity index (χ0) is 18.6. The standard InChI is InChI=1S/C21H30N6/c1-26(2)13-12-23-21-24-19-17-8-4-3-6-16(17)7-5-9-18(19)20(25-21)27-14-10-22-11-15-27/h3-4,6,8,22H,5,7,9-15H2,1-2H3,(H,23,24,25). The highest BCUT2D eigenvalue weighted by Crippen LogP contribution is 2.36. The molecule has 1 aliphatic heterocycles. The van der Waals surface area contributed by atoms with Crippen molar-refractivity contribution in [3.8, 4) is 11.3 Å². The van der Waals surface area contributed by atoms with E-state index in [4.69, 9.17) is 9.97 Å². The van der Waals surface area contributed by atoms with E-state index in [0.717, 1.165) is 76.0 Å². The van der Waals surface area contributed by atoms with Gasteiger partial charge < -0.3 is 20.4 Å². The summed E-state index contributed by atoms with van der Waals surface area (Å²) in [5.41, 5.74) is 5.12. The highest BCUT2D eigenvalue weighted by Gasteiger charge is 2.24. The van der Waals surface area contributed by atoms with Gasteiger partial charge in [0.05, 0.1) is 5.69 Å². The van der Waals surface area contributed by atoms with Gasteiger partial charge in [-0.2, -0.15) is 4.98 Å². The van der Waals surface area contributed by atoms with Crippen LogP contribution in [0.2, 0.25) is 0 Å². The molecule has 0 amide bonds. The van der Waals surface area contributed by atoms with Gasteiger partial charge in [0.15, 0.2) is 0 Å². The van der Waals surface area contributed by atoms with E-state index in [0.29, 0.717) is 0 Å². The normalized spacial score (nSPS) is 16.6. The molecule has 0 unspecified atom stereocenters. The molecule has 2 N–H and O–H groups in total. The third-order valence-electron chi connectivity index (χ3n) is 5.39. The smallest absolute Gasteiger partial charge is 0.225 e. The van der Waals surface area contributed by atoms with E-state index < -0.39 is 0 Å². The summed E-state index contributed by atoms with van der Waals surface area (Å²) < 4.78 is 0. The van der Waals surface area contributed by atoms with Crippen molar-refractivity contribution in [2.75, 3.05) is 63.6 Å². The minimum Gasteiger partial charge on any atom is -0.354 e. The zero-order valence-electron chi connectivity index (χ0n) is 16.5. The Morgan fingerprint density at radius 2 is 1.93 bits per heavy atom. The van der Waals surface area contributed by atoms with Gasteiger partial charge in [-0.3, -0.25) is 0 Å². The molecule has 2 aromatic rings. The largest absolute Gasteiger partial charge is 0.354 e. The second-order valence-electron chi connectivity index (χ2n) is 7.68. The van der Waals surface area contributed by atoms with Crippen LogP contribution in [0.15, 0.2) is 24.3 Å². The first-order valence-corrected chi connectivity index (χ1v) is 10.1. The Morgan fingerprint density at radius 1 is 1.11 bits per heavy atom. The number of hydrogen-bond acceptors (Lipinski definition) is 6. The van der Waals surface area contributed by atoms with Gasteiger partial charge in [0.25, 0.3) is 0 Å². The molecule has 1 fully saturated rings. The fraction of sp³-hybridized carbons (Fsp3) is 0.524. The van der Waals surface area contributed by atoms with E-state index in [-0.39, 0.29) is 0 Å². The lowest BCUT2D eigenvalue weighted by Gasteiger charge is -2.31. The van der Waals surface area contributed by atoms with Crippen molar-refractivity contribution in [1.82, 2.24) is 20.2 Å². The van der Waals surface area contributed by atoms with Gasteiger partial charge >= 0.3 is 0 Å². The number of aromatic nitrogens is 2. The zero-order valence-corrected chi connectivity index (χ0v) is 16.5. The number of anilines is 2. The molecular weight excluding hydrogens is 336 g/mol. The molecular formula is C21H30N6. The molecule has 0 saturated carbocycles. The maximum absolute atomic E-state index is 4.98. The van der Waals surface area contributed by atoms with Crippen molar-refractivity contribution in [3.05, 3.63) is 35.4 Å². The highest BCUT2D eigenvalue weighted by molar-refractivity contribution is 5.74. The molecule has 0 radical (unpaired) electrons. The summed E-state index contributed by atoms with van der Waals surface area (Å²) in [4.78, 5) is 14.6. The van der Waals surface area contributed by atoms with E-state index in [1.54, 1.807) is 0 Å². The molecule has 6 nitrogen and oxygen atoms in total. The molecule has 6 heteroatoms. The molecule has 4 rings (SSSR count). The first-order valence-electron chi connectivity index (χ1n) is 10.1. The lowest BCUT2D eigenvalue weighted by Crippen LogP contribution is -2.44. The van der Waals surface area contributed by atoms with Crippen molar-refractivity contribution < 1.29 is 0 Å². The maximum Gasteiger partial charge on any atom is 0.225 e. The number of rotatable bonds is 5. The third kappa shape index (κ3) is 4.06. The lowest BCUT2D eigenvalue weighted by molar-refractivity contribution is 0.425. The molecule has 2 aliphatic rings. The first-order chi connectivity index (χ1) is 13.2.